The number of unbranched alkanes of at least 4 members (excludes halogenated alkanes) is 2. The van der Waals surface area contributed by atoms with Crippen molar-refractivity contribution < 1.29 is 13.5 Å². The van der Waals surface area contributed by atoms with Crippen molar-refractivity contribution in [1.29, 1.82) is 0 Å². The van der Waals surface area contributed by atoms with Crippen molar-refractivity contribution in [1.82, 2.24) is 9.97 Å². The van der Waals surface area contributed by atoms with Crippen LogP contribution < -0.4 is 10.3 Å². The average molecular weight is 350 g/mol. The van der Waals surface area contributed by atoms with Crippen molar-refractivity contribution in [2.24, 2.45) is 5.92 Å². The van der Waals surface area contributed by atoms with Crippen LogP contribution in [0.3, 0.4) is 0 Å². The fraction of sp³-hybridized carbons (Fsp3) is 0.579. The zero-order chi connectivity index (χ0) is 17.9. The molecule has 2 aromatic rings. The number of aromatic nitrogens is 2. The third-order valence-electron chi connectivity index (χ3n) is 5.00. The summed E-state index contributed by atoms with van der Waals surface area (Å²) in [5, 5.41) is 0. The molecule has 1 aliphatic rings. The molecule has 1 aromatic heterocycles. The summed E-state index contributed by atoms with van der Waals surface area (Å²) in [6.07, 6.45) is 4.91. The summed E-state index contributed by atoms with van der Waals surface area (Å²) in [7, 11) is 1.58. The van der Waals surface area contributed by atoms with Crippen LogP contribution in [0, 0.1) is 5.92 Å². The predicted molar refractivity (Wildman–Crippen MR) is 93.4 cm³/mol. The van der Waals surface area contributed by atoms with Crippen molar-refractivity contribution in [2.45, 2.75) is 57.3 Å². The predicted octanol–water partition coefficient (Wildman–Crippen LogP) is 4.47. The lowest BCUT2D eigenvalue weighted by Crippen LogP contribution is -2.15. The molecule has 25 heavy (non-hydrogen) atoms. The molecule has 6 heteroatoms. The number of alkyl halides is 2. The van der Waals surface area contributed by atoms with Gasteiger partial charge in [0.1, 0.15) is 11.4 Å². The highest BCUT2D eigenvalue weighted by Gasteiger charge is 2.38. The molecule has 1 saturated carbocycles. The molecular weight excluding hydrogens is 326 g/mol. The maximum Gasteiger partial charge on any atom is 0.270 e. The molecule has 0 bridgehead atoms. The summed E-state index contributed by atoms with van der Waals surface area (Å²) in [4.78, 5) is 19.4. The number of aromatic amines is 1. The minimum atomic E-state index is -2.45. The molecule has 1 aliphatic carbocycles. The van der Waals surface area contributed by atoms with Crippen LogP contribution in [0.4, 0.5) is 8.78 Å². The summed E-state index contributed by atoms with van der Waals surface area (Å²) in [5.74, 6) is -1.61. The van der Waals surface area contributed by atoms with E-state index < -0.39 is 5.92 Å². The Morgan fingerprint density at radius 1 is 1.32 bits per heavy atom. The first-order valence-electron chi connectivity index (χ1n) is 8.92. The monoisotopic (exact) mass is 350 g/mol. The number of rotatable bonds is 7. The molecule has 0 saturated heterocycles. The van der Waals surface area contributed by atoms with E-state index in [9.17, 15) is 13.6 Å². The number of methoxy groups -OCH3 is 1. The molecule has 4 nitrogen and oxygen atoms in total. The number of nitrogens with zero attached hydrogens (tertiary/aromatic N) is 1. The zero-order valence-electron chi connectivity index (χ0n) is 14.5. The topological polar surface area (TPSA) is 55.0 Å². The van der Waals surface area contributed by atoms with Gasteiger partial charge in [0.15, 0.2) is 0 Å². The molecule has 1 heterocycles. The standard InChI is InChI=1S/C19H24F2N2O2/c1-25-14-7-8-15-17(11-14)23-18(24)16(22-15)6-4-2-3-5-13-9-10-19(20,21)12-13/h7-8,11,13H,2-6,9-10,12H2,1H3,(H,23,24). The summed E-state index contributed by atoms with van der Waals surface area (Å²) in [5.41, 5.74) is 1.76. The van der Waals surface area contributed by atoms with Gasteiger partial charge in [0.2, 0.25) is 5.92 Å². The van der Waals surface area contributed by atoms with E-state index in [2.05, 4.69) is 9.97 Å². The molecule has 0 spiro atoms. The van der Waals surface area contributed by atoms with Crippen molar-refractivity contribution in [3.8, 4) is 5.75 Å². The number of aryl methyl sites for hydroxylation is 1. The van der Waals surface area contributed by atoms with Gasteiger partial charge in [0, 0.05) is 18.9 Å². The number of halogens is 2. The van der Waals surface area contributed by atoms with Crippen LogP contribution in [0.25, 0.3) is 11.0 Å². The quantitative estimate of drug-likeness (QED) is 0.750. The van der Waals surface area contributed by atoms with Crippen LogP contribution in [-0.2, 0) is 6.42 Å². The van der Waals surface area contributed by atoms with Gasteiger partial charge in [-0.2, -0.15) is 0 Å². The number of nitrogens with one attached hydrogen (secondary N) is 1. The van der Waals surface area contributed by atoms with Crippen LogP contribution in [-0.4, -0.2) is 23.0 Å². The molecule has 1 unspecified atom stereocenters. The third kappa shape index (κ3) is 4.55. The lowest BCUT2D eigenvalue weighted by atomic mass is 9.99. The largest absolute Gasteiger partial charge is 0.497 e. The van der Waals surface area contributed by atoms with Crippen LogP contribution in [0.2, 0.25) is 0 Å². The molecule has 1 atom stereocenters. The molecule has 1 N–H and O–H groups in total. The summed E-state index contributed by atoms with van der Waals surface area (Å²) in [6, 6.07) is 5.40. The van der Waals surface area contributed by atoms with E-state index in [1.54, 1.807) is 13.2 Å². The van der Waals surface area contributed by atoms with Gasteiger partial charge in [0.25, 0.3) is 5.56 Å². The van der Waals surface area contributed by atoms with E-state index in [0.29, 0.717) is 29.8 Å². The molecule has 0 amide bonds. The fourth-order valence-corrected chi connectivity index (χ4v) is 3.59. The van der Waals surface area contributed by atoms with Crippen molar-refractivity contribution in [3.63, 3.8) is 0 Å². The fourth-order valence-electron chi connectivity index (χ4n) is 3.59. The maximum absolute atomic E-state index is 13.2. The van der Waals surface area contributed by atoms with Gasteiger partial charge in [-0.3, -0.25) is 4.79 Å². The first-order valence-corrected chi connectivity index (χ1v) is 8.92. The molecule has 136 valence electrons. The van der Waals surface area contributed by atoms with Gasteiger partial charge in [-0.05, 0) is 37.3 Å². The van der Waals surface area contributed by atoms with E-state index in [4.69, 9.17) is 4.74 Å². The second-order valence-corrected chi connectivity index (χ2v) is 6.96. The van der Waals surface area contributed by atoms with E-state index in [-0.39, 0.29) is 24.3 Å². The van der Waals surface area contributed by atoms with Crippen molar-refractivity contribution in [2.75, 3.05) is 7.11 Å². The van der Waals surface area contributed by atoms with Gasteiger partial charge in [-0.25, -0.2) is 13.8 Å². The van der Waals surface area contributed by atoms with Crippen LogP contribution in [0.15, 0.2) is 23.0 Å². The summed E-state index contributed by atoms with van der Waals surface area (Å²) < 4.78 is 31.5. The lowest BCUT2D eigenvalue weighted by Gasteiger charge is -2.10. The van der Waals surface area contributed by atoms with Gasteiger partial charge < -0.3 is 9.72 Å². The number of fused-ring (bicyclic) bond motifs is 1. The molecular formula is C19H24F2N2O2. The second-order valence-electron chi connectivity index (χ2n) is 6.96. The summed E-state index contributed by atoms with van der Waals surface area (Å²) >= 11 is 0. The SMILES string of the molecule is COc1ccc2nc(CCCCCC3CCC(F)(F)C3)c(=O)[nH]c2c1. The van der Waals surface area contributed by atoms with Crippen molar-refractivity contribution in [3.05, 3.63) is 34.2 Å². The highest BCUT2D eigenvalue weighted by atomic mass is 19.3. The molecule has 1 aromatic carbocycles. The van der Waals surface area contributed by atoms with E-state index in [1.807, 2.05) is 12.1 Å². The van der Waals surface area contributed by atoms with Crippen LogP contribution >= 0.6 is 0 Å². The first-order chi connectivity index (χ1) is 12.0. The number of hydrogen-bond donors (Lipinski definition) is 1. The number of ether oxygens (including phenoxy) is 1. The van der Waals surface area contributed by atoms with Crippen LogP contribution in [0.5, 0.6) is 5.75 Å². The van der Waals surface area contributed by atoms with Crippen LogP contribution in [0.1, 0.15) is 50.6 Å². The lowest BCUT2D eigenvalue weighted by molar-refractivity contribution is 0.00462. The Hall–Kier alpha value is -1.98. The Morgan fingerprint density at radius 3 is 2.88 bits per heavy atom. The molecule has 3 rings (SSSR count). The molecule has 1 fully saturated rings. The highest BCUT2D eigenvalue weighted by molar-refractivity contribution is 5.75. The van der Waals surface area contributed by atoms with Gasteiger partial charge >= 0.3 is 0 Å². The minimum Gasteiger partial charge on any atom is -0.497 e. The molecule has 0 aliphatic heterocycles. The Morgan fingerprint density at radius 2 is 2.16 bits per heavy atom. The van der Waals surface area contributed by atoms with Gasteiger partial charge in [0.05, 0.1) is 18.1 Å². The Labute approximate surface area is 145 Å². The average Bonchev–Trinajstić information content (AvgIpc) is 2.93. The zero-order valence-corrected chi connectivity index (χ0v) is 14.5. The minimum absolute atomic E-state index is 0.0405. The van der Waals surface area contributed by atoms with E-state index >= 15 is 0 Å². The smallest absolute Gasteiger partial charge is 0.270 e. The van der Waals surface area contributed by atoms with E-state index in [0.717, 1.165) is 31.2 Å². The normalized spacial score (nSPS) is 19.4. The Bertz CT molecular complexity index is 789. The third-order valence-corrected chi connectivity index (χ3v) is 5.00. The van der Waals surface area contributed by atoms with E-state index in [1.165, 1.54) is 0 Å². The Kier molecular flexibility index (Phi) is 5.35. The maximum atomic E-state index is 13.2. The second kappa shape index (κ2) is 7.50. The summed E-state index contributed by atoms with van der Waals surface area (Å²) in [6.45, 7) is 0. The number of H-pyrrole nitrogens is 1. The number of benzene rings is 1. The van der Waals surface area contributed by atoms with Crippen molar-refractivity contribution >= 4 is 11.0 Å². The van der Waals surface area contributed by atoms with Gasteiger partial charge in [-0.1, -0.05) is 19.3 Å². The first kappa shape index (κ1) is 17.8. The van der Waals surface area contributed by atoms with Gasteiger partial charge in [-0.15, -0.1) is 0 Å². The Balaban J connectivity index is 1.50. The number of hydrogen-bond acceptors (Lipinski definition) is 3. The molecule has 0 radical (unpaired) electrons. The highest BCUT2D eigenvalue weighted by Crippen LogP contribution is 2.40.